The highest BCUT2D eigenvalue weighted by atomic mass is 16.3. The van der Waals surface area contributed by atoms with Gasteiger partial charge in [0, 0.05) is 18.3 Å². The zero-order chi connectivity index (χ0) is 19.3. The molecule has 0 fully saturated rings. The van der Waals surface area contributed by atoms with Crippen molar-refractivity contribution < 1.29 is 9.21 Å². The van der Waals surface area contributed by atoms with Gasteiger partial charge >= 0.3 is 0 Å². The molecule has 28 heavy (non-hydrogen) atoms. The van der Waals surface area contributed by atoms with Gasteiger partial charge < -0.3 is 9.32 Å². The van der Waals surface area contributed by atoms with Gasteiger partial charge in [-0.1, -0.05) is 60.7 Å². The molecule has 3 aromatic carbocycles. The molecule has 4 rings (SSSR count). The van der Waals surface area contributed by atoms with Crippen LogP contribution in [-0.4, -0.2) is 12.5 Å². The van der Waals surface area contributed by atoms with Crippen molar-refractivity contribution in [3.8, 4) is 0 Å². The van der Waals surface area contributed by atoms with E-state index in [1.807, 2.05) is 60.7 Å². The number of hydrogen-bond donors (Lipinski definition) is 0. The molecule has 138 valence electrons. The Labute approximate surface area is 162 Å². The van der Waals surface area contributed by atoms with E-state index in [-0.39, 0.29) is 17.1 Å². The summed E-state index contributed by atoms with van der Waals surface area (Å²) in [6.45, 7) is 0.476. The minimum Gasteiger partial charge on any atom is -0.451 e. The smallest absolute Gasteiger partial charge is 0.294 e. The summed E-state index contributed by atoms with van der Waals surface area (Å²) in [5.74, 6) is -0.286. The summed E-state index contributed by atoms with van der Waals surface area (Å²) in [6, 6.07) is 27.6. The van der Waals surface area contributed by atoms with E-state index < -0.39 is 0 Å². The number of carbonyl (C=O) groups excluding carboxylic acids is 1. The molecular formula is C24H19NO3. The molecule has 0 saturated carbocycles. The lowest BCUT2D eigenvalue weighted by Gasteiger charge is -2.22. The first-order valence-corrected chi connectivity index (χ1v) is 9.16. The number of nitrogens with zero attached hydrogens (tertiary/aromatic N) is 1. The highest BCUT2D eigenvalue weighted by Crippen LogP contribution is 2.19. The van der Waals surface area contributed by atoms with E-state index in [0.717, 1.165) is 11.3 Å². The van der Waals surface area contributed by atoms with Crippen molar-refractivity contribution in [1.29, 1.82) is 0 Å². The van der Waals surface area contributed by atoms with Gasteiger partial charge in [-0.05, 0) is 36.2 Å². The van der Waals surface area contributed by atoms with Crippen LogP contribution >= 0.6 is 0 Å². The molecule has 1 heterocycles. The monoisotopic (exact) mass is 369 g/mol. The van der Waals surface area contributed by atoms with Gasteiger partial charge in [0.05, 0.1) is 5.39 Å². The average Bonchev–Trinajstić information content (AvgIpc) is 2.75. The second kappa shape index (κ2) is 7.92. The summed E-state index contributed by atoms with van der Waals surface area (Å²) in [5.41, 5.74) is 2.09. The standard InChI is InChI=1S/C24H19NO3/c26-21-17-23(28-22-14-8-7-13-20(21)22)24(27)25(19-11-5-2-6-12-19)16-15-18-9-3-1-4-10-18/h1-14,17H,15-16H2. The molecule has 4 heteroatoms. The maximum atomic E-state index is 13.3. The topological polar surface area (TPSA) is 50.5 Å². The third kappa shape index (κ3) is 3.71. The zero-order valence-electron chi connectivity index (χ0n) is 15.2. The van der Waals surface area contributed by atoms with Crippen LogP contribution in [0.4, 0.5) is 5.69 Å². The van der Waals surface area contributed by atoms with E-state index in [0.29, 0.717) is 23.9 Å². The molecule has 4 aromatic rings. The molecule has 0 radical (unpaired) electrons. The summed E-state index contributed by atoms with van der Waals surface area (Å²) in [4.78, 5) is 27.3. The van der Waals surface area contributed by atoms with Crippen molar-refractivity contribution in [3.63, 3.8) is 0 Å². The van der Waals surface area contributed by atoms with E-state index >= 15 is 0 Å². The first kappa shape index (κ1) is 17.7. The van der Waals surface area contributed by atoms with Crippen LogP contribution < -0.4 is 10.3 Å². The Morgan fingerprint density at radius 2 is 1.46 bits per heavy atom. The normalized spacial score (nSPS) is 10.7. The van der Waals surface area contributed by atoms with Crippen molar-refractivity contribution in [2.75, 3.05) is 11.4 Å². The SMILES string of the molecule is O=C(c1cc(=O)c2ccccc2o1)N(CCc1ccccc1)c1ccccc1. The predicted octanol–water partition coefficient (Wildman–Crippen LogP) is 4.68. The molecule has 1 aromatic heterocycles. The number of carbonyl (C=O) groups is 1. The molecule has 0 aliphatic heterocycles. The fraction of sp³-hybridized carbons (Fsp3) is 0.0833. The number of amides is 1. The fourth-order valence-electron chi connectivity index (χ4n) is 3.18. The molecule has 0 spiro atoms. The summed E-state index contributed by atoms with van der Waals surface area (Å²) in [5, 5.41) is 0.467. The van der Waals surface area contributed by atoms with Crippen LogP contribution in [0.3, 0.4) is 0 Å². The van der Waals surface area contributed by atoms with Crippen LogP contribution in [0, 0.1) is 0 Å². The summed E-state index contributed by atoms with van der Waals surface area (Å²) in [6.07, 6.45) is 0.694. The van der Waals surface area contributed by atoms with Crippen molar-refractivity contribution in [3.05, 3.63) is 113 Å². The quantitative estimate of drug-likeness (QED) is 0.513. The maximum Gasteiger partial charge on any atom is 0.294 e. The van der Waals surface area contributed by atoms with Gasteiger partial charge in [0.2, 0.25) is 0 Å². The van der Waals surface area contributed by atoms with Crippen LogP contribution in [0.15, 0.2) is 100 Å². The maximum absolute atomic E-state index is 13.3. The van der Waals surface area contributed by atoms with Gasteiger partial charge in [-0.25, -0.2) is 0 Å². The first-order valence-electron chi connectivity index (χ1n) is 9.16. The number of benzene rings is 3. The summed E-state index contributed by atoms with van der Waals surface area (Å²) in [7, 11) is 0. The zero-order valence-corrected chi connectivity index (χ0v) is 15.2. The minimum atomic E-state index is -0.329. The Kier molecular flexibility index (Phi) is 5.02. The molecule has 0 saturated heterocycles. The average molecular weight is 369 g/mol. The van der Waals surface area contributed by atoms with Crippen LogP contribution in [-0.2, 0) is 6.42 Å². The van der Waals surface area contributed by atoms with Crippen LogP contribution in [0.1, 0.15) is 16.1 Å². The van der Waals surface area contributed by atoms with Crippen molar-refractivity contribution in [1.82, 2.24) is 0 Å². The number of fused-ring (bicyclic) bond motifs is 1. The van der Waals surface area contributed by atoms with Gasteiger partial charge in [-0.3, -0.25) is 9.59 Å². The fourth-order valence-corrected chi connectivity index (χ4v) is 3.18. The van der Waals surface area contributed by atoms with E-state index in [4.69, 9.17) is 4.42 Å². The van der Waals surface area contributed by atoms with Crippen molar-refractivity contribution in [2.24, 2.45) is 0 Å². The predicted molar refractivity (Wildman–Crippen MR) is 111 cm³/mol. The van der Waals surface area contributed by atoms with E-state index in [2.05, 4.69) is 0 Å². The first-order chi connectivity index (χ1) is 13.7. The van der Waals surface area contributed by atoms with Gasteiger partial charge in [0.25, 0.3) is 5.91 Å². The Morgan fingerprint density at radius 3 is 2.21 bits per heavy atom. The number of anilines is 1. The molecule has 0 aliphatic carbocycles. The summed E-state index contributed by atoms with van der Waals surface area (Å²) < 4.78 is 5.77. The molecule has 0 aliphatic rings. The molecule has 0 N–H and O–H groups in total. The van der Waals surface area contributed by atoms with Gasteiger partial charge in [0.1, 0.15) is 5.58 Å². The molecule has 0 atom stereocenters. The number of para-hydroxylation sites is 2. The van der Waals surface area contributed by atoms with E-state index in [1.165, 1.54) is 6.07 Å². The van der Waals surface area contributed by atoms with Crippen molar-refractivity contribution in [2.45, 2.75) is 6.42 Å². The third-order valence-electron chi connectivity index (χ3n) is 4.63. The lowest BCUT2D eigenvalue weighted by Crippen LogP contribution is -2.33. The second-order valence-corrected chi connectivity index (χ2v) is 6.50. The molecular weight excluding hydrogens is 350 g/mol. The molecule has 0 bridgehead atoms. The van der Waals surface area contributed by atoms with Crippen molar-refractivity contribution >= 4 is 22.6 Å². The minimum absolute atomic E-state index is 0.0422. The van der Waals surface area contributed by atoms with E-state index in [9.17, 15) is 9.59 Å². The van der Waals surface area contributed by atoms with Gasteiger partial charge in [-0.15, -0.1) is 0 Å². The lowest BCUT2D eigenvalue weighted by atomic mass is 10.1. The van der Waals surface area contributed by atoms with Crippen LogP contribution in [0.2, 0.25) is 0 Å². The number of rotatable bonds is 5. The Bertz CT molecular complexity index is 1150. The Morgan fingerprint density at radius 1 is 0.821 bits per heavy atom. The Hall–Kier alpha value is -3.66. The molecule has 1 amide bonds. The van der Waals surface area contributed by atoms with Gasteiger partial charge in [-0.2, -0.15) is 0 Å². The van der Waals surface area contributed by atoms with Gasteiger partial charge in [0.15, 0.2) is 11.2 Å². The van der Waals surface area contributed by atoms with E-state index in [1.54, 1.807) is 29.2 Å². The molecule has 0 unspecified atom stereocenters. The summed E-state index contributed by atoms with van der Waals surface area (Å²) >= 11 is 0. The molecule has 4 nitrogen and oxygen atoms in total. The lowest BCUT2D eigenvalue weighted by molar-refractivity contribution is 0.0961. The third-order valence-corrected chi connectivity index (χ3v) is 4.63. The largest absolute Gasteiger partial charge is 0.451 e. The number of hydrogen-bond acceptors (Lipinski definition) is 3. The highest BCUT2D eigenvalue weighted by molar-refractivity contribution is 6.04. The highest BCUT2D eigenvalue weighted by Gasteiger charge is 2.21. The Balaban J connectivity index is 1.69. The second-order valence-electron chi connectivity index (χ2n) is 6.50. The van der Waals surface area contributed by atoms with Crippen LogP contribution in [0.25, 0.3) is 11.0 Å². The van der Waals surface area contributed by atoms with Crippen LogP contribution in [0.5, 0.6) is 0 Å².